The van der Waals surface area contributed by atoms with Crippen molar-refractivity contribution < 1.29 is 0 Å². The molecule has 2 aromatic rings. The summed E-state index contributed by atoms with van der Waals surface area (Å²) in [6.07, 6.45) is 6.09. The first-order valence-corrected chi connectivity index (χ1v) is 6.07. The van der Waals surface area contributed by atoms with Crippen molar-refractivity contribution in [1.29, 1.82) is 0 Å². The Morgan fingerprint density at radius 3 is 2.82 bits per heavy atom. The van der Waals surface area contributed by atoms with E-state index < -0.39 is 0 Å². The highest BCUT2D eigenvalue weighted by Crippen LogP contribution is 2.28. The second-order valence-corrected chi connectivity index (χ2v) is 4.68. The van der Waals surface area contributed by atoms with Gasteiger partial charge in [0.15, 0.2) is 5.82 Å². The van der Waals surface area contributed by atoms with Gasteiger partial charge in [0.1, 0.15) is 0 Å². The summed E-state index contributed by atoms with van der Waals surface area (Å²) in [4.78, 5) is 2.38. The standard InChI is InChI=1S/C12H17N5/c1-16-8-4-10(5-9-16)11-2-7-14-17(11)12-3-6-13-15-12/h2-3,6-7,10H,4-5,8-9H2,1H3,(H,13,15). The Labute approximate surface area is 100 Å². The van der Waals surface area contributed by atoms with Gasteiger partial charge in [-0.1, -0.05) is 0 Å². The summed E-state index contributed by atoms with van der Waals surface area (Å²) in [5, 5.41) is 11.4. The third kappa shape index (κ3) is 1.98. The third-order valence-electron chi connectivity index (χ3n) is 3.51. The molecular weight excluding hydrogens is 214 g/mol. The van der Waals surface area contributed by atoms with Crippen LogP contribution >= 0.6 is 0 Å². The molecule has 0 atom stereocenters. The first-order valence-electron chi connectivity index (χ1n) is 6.07. The Bertz CT molecular complexity index is 465. The van der Waals surface area contributed by atoms with E-state index in [2.05, 4.69) is 33.3 Å². The Morgan fingerprint density at radius 1 is 1.29 bits per heavy atom. The molecule has 90 valence electrons. The van der Waals surface area contributed by atoms with E-state index in [1.807, 2.05) is 23.1 Å². The molecule has 1 aliphatic rings. The molecule has 0 radical (unpaired) electrons. The predicted molar refractivity (Wildman–Crippen MR) is 65.2 cm³/mol. The lowest BCUT2D eigenvalue weighted by Crippen LogP contribution is -2.30. The highest BCUT2D eigenvalue weighted by Gasteiger charge is 2.22. The highest BCUT2D eigenvalue weighted by molar-refractivity contribution is 5.24. The van der Waals surface area contributed by atoms with Gasteiger partial charge >= 0.3 is 0 Å². The monoisotopic (exact) mass is 231 g/mol. The van der Waals surface area contributed by atoms with Gasteiger partial charge in [0.05, 0.1) is 0 Å². The summed E-state index contributed by atoms with van der Waals surface area (Å²) >= 11 is 0. The van der Waals surface area contributed by atoms with Gasteiger partial charge in [0.25, 0.3) is 0 Å². The second kappa shape index (κ2) is 4.33. The van der Waals surface area contributed by atoms with E-state index >= 15 is 0 Å². The number of hydrogen-bond acceptors (Lipinski definition) is 3. The van der Waals surface area contributed by atoms with Gasteiger partial charge in [-0.3, -0.25) is 5.10 Å². The van der Waals surface area contributed by atoms with Crippen LogP contribution in [0.4, 0.5) is 0 Å². The zero-order chi connectivity index (χ0) is 11.7. The Morgan fingerprint density at radius 2 is 2.12 bits per heavy atom. The van der Waals surface area contributed by atoms with Gasteiger partial charge < -0.3 is 4.90 Å². The molecule has 0 aromatic carbocycles. The fraction of sp³-hybridized carbons (Fsp3) is 0.500. The number of H-pyrrole nitrogens is 1. The van der Waals surface area contributed by atoms with Crippen molar-refractivity contribution in [3.63, 3.8) is 0 Å². The normalized spacial score (nSPS) is 18.6. The maximum absolute atomic E-state index is 4.37. The van der Waals surface area contributed by atoms with E-state index in [1.54, 1.807) is 0 Å². The average molecular weight is 231 g/mol. The van der Waals surface area contributed by atoms with Gasteiger partial charge in [0, 0.05) is 30.1 Å². The van der Waals surface area contributed by atoms with Crippen molar-refractivity contribution in [2.75, 3.05) is 20.1 Å². The molecule has 1 N–H and O–H groups in total. The molecule has 0 bridgehead atoms. The lowest BCUT2D eigenvalue weighted by Gasteiger charge is -2.28. The van der Waals surface area contributed by atoms with E-state index in [-0.39, 0.29) is 0 Å². The van der Waals surface area contributed by atoms with Crippen LogP contribution in [0.25, 0.3) is 5.82 Å². The molecule has 5 nitrogen and oxygen atoms in total. The third-order valence-corrected chi connectivity index (χ3v) is 3.51. The molecule has 0 spiro atoms. The smallest absolute Gasteiger partial charge is 0.175 e. The topological polar surface area (TPSA) is 49.7 Å². The molecule has 1 fully saturated rings. The fourth-order valence-corrected chi connectivity index (χ4v) is 2.49. The maximum atomic E-state index is 4.37. The van der Waals surface area contributed by atoms with E-state index in [0.29, 0.717) is 5.92 Å². The SMILES string of the molecule is CN1CCC(c2ccnn2-c2cc[nH]n2)CC1. The van der Waals surface area contributed by atoms with Crippen LogP contribution in [0.15, 0.2) is 24.5 Å². The van der Waals surface area contributed by atoms with E-state index in [0.717, 1.165) is 18.9 Å². The minimum atomic E-state index is 0.602. The van der Waals surface area contributed by atoms with Crippen molar-refractivity contribution in [2.24, 2.45) is 0 Å². The highest BCUT2D eigenvalue weighted by atomic mass is 15.3. The van der Waals surface area contributed by atoms with Crippen LogP contribution < -0.4 is 0 Å². The molecule has 0 amide bonds. The number of hydrogen-bond donors (Lipinski definition) is 1. The quantitative estimate of drug-likeness (QED) is 0.850. The largest absolute Gasteiger partial charge is 0.306 e. The minimum absolute atomic E-state index is 0.602. The van der Waals surface area contributed by atoms with Gasteiger partial charge in [-0.2, -0.15) is 10.2 Å². The molecule has 0 saturated carbocycles. The first-order chi connectivity index (χ1) is 8.34. The molecular formula is C12H17N5. The van der Waals surface area contributed by atoms with Gasteiger partial charge in [-0.25, -0.2) is 4.68 Å². The predicted octanol–water partition coefficient (Wildman–Crippen LogP) is 1.40. The van der Waals surface area contributed by atoms with Crippen LogP contribution in [0.2, 0.25) is 0 Å². The van der Waals surface area contributed by atoms with Crippen LogP contribution in [0.1, 0.15) is 24.5 Å². The van der Waals surface area contributed by atoms with Crippen LogP contribution in [-0.2, 0) is 0 Å². The lowest BCUT2D eigenvalue weighted by atomic mass is 9.94. The molecule has 1 aliphatic heterocycles. The number of nitrogens with zero attached hydrogens (tertiary/aromatic N) is 4. The van der Waals surface area contributed by atoms with Crippen molar-refractivity contribution in [3.8, 4) is 5.82 Å². The molecule has 17 heavy (non-hydrogen) atoms. The van der Waals surface area contributed by atoms with E-state index in [4.69, 9.17) is 0 Å². The number of rotatable bonds is 2. The molecule has 3 heterocycles. The second-order valence-electron chi connectivity index (χ2n) is 4.68. The molecule has 0 unspecified atom stereocenters. The summed E-state index contributed by atoms with van der Waals surface area (Å²) < 4.78 is 1.95. The van der Waals surface area contributed by atoms with Crippen molar-refractivity contribution in [1.82, 2.24) is 24.9 Å². The van der Waals surface area contributed by atoms with Crippen LogP contribution in [0.3, 0.4) is 0 Å². The Balaban J connectivity index is 1.86. The molecule has 5 heteroatoms. The zero-order valence-electron chi connectivity index (χ0n) is 10.0. The fourth-order valence-electron chi connectivity index (χ4n) is 2.49. The number of likely N-dealkylation sites (tertiary alicyclic amines) is 1. The Hall–Kier alpha value is -1.62. The maximum Gasteiger partial charge on any atom is 0.175 e. The van der Waals surface area contributed by atoms with Crippen molar-refractivity contribution >= 4 is 0 Å². The van der Waals surface area contributed by atoms with Crippen LogP contribution in [0, 0.1) is 0 Å². The summed E-state index contributed by atoms with van der Waals surface area (Å²) in [6.45, 7) is 2.33. The number of aromatic amines is 1. The van der Waals surface area contributed by atoms with Crippen molar-refractivity contribution in [2.45, 2.75) is 18.8 Å². The molecule has 0 aliphatic carbocycles. The molecule has 2 aromatic heterocycles. The van der Waals surface area contributed by atoms with Crippen LogP contribution in [0.5, 0.6) is 0 Å². The van der Waals surface area contributed by atoms with Crippen molar-refractivity contribution in [3.05, 3.63) is 30.2 Å². The summed E-state index contributed by atoms with van der Waals surface area (Å²) in [6, 6.07) is 4.07. The number of aromatic nitrogens is 4. The average Bonchev–Trinajstić information content (AvgIpc) is 3.00. The first kappa shape index (κ1) is 10.5. The number of piperidine rings is 1. The molecule has 3 rings (SSSR count). The summed E-state index contributed by atoms with van der Waals surface area (Å²) in [5.41, 5.74) is 1.28. The van der Waals surface area contributed by atoms with Gasteiger partial charge in [-0.15, -0.1) is 0 Å². The van der Waals surface area contributed by atoms with E-state index in [9.17, 15) is 0 Å². The molecule has 1 saturated heterocycles. The number of nitrogens with one attached hydrogen (secondary N) is 1. The summed E-state index contributed by atoms with van der Waals surface area (Å²) in [7, 11) is 2.18. The van der Waals surface area contributed by atoms with E-state index in [1.165, 1.54) is 18.5 Å². The lowest BCUT2D eigenvalue weighted by molar-refractivity contribution is 0.252. The van der Waals surface area contributed by atoms with Gasteiger partial charge in [-0.05, 0) is 39.0 Å². The van der Waals surface area contributed by atoms with Gasteiger partial charge in [0.2, 0.25) is 0 Å². The summed E-state index contributed by atoms with van der Waals surface area (Å²) in [5.74, 6) is 1.48. The van der Waals surface area contributed by atoms with Crippen LogP contribution in [-0.4, -0.2) is 45.0 Å². The minimum Gasteiger partial charge on any atom is -0.306 e. The zero-order valence-corrected chi connectivity index (χ0v) is 10.0. The Kier molecular flexibility index (Phi) is 2.68.